The molecule has 1 aliphatic heterocycles. The number of hydrogen-bond donors (Lipinski definition) is 1. The fourth-order valence-corrected chi connectivity index (χ4v) is 4.31. The highest BCUT2D eigenvalue weighted by atomic mass is 16.5. The number of rotatable bonds is 9. The Bertz CT molecular complexity index is 881. The van der Waals surface area contributed by atoms with Crippen molar-refractivity contribution < 1.29 is 14.3 Å². The minimum absolute atomic E-state index is 0.101. The minimum Gasteiger partial charge on any atom is -0.497 e. The van der Waals surface area contributed by atoms with Gasteiger partial charge in [0.15, 0.2) is 0 Å². The largest absolute Gasteiger partial charge is 0.497 e. The molecule has 0 bridgehead atoms. The van der Waals surface area contributed by atoms with E-state index in [1.165, 1.54) is 29.5 Å². The molecule has 5 nitrogen and oxygen atoms in total. The maximum Gasteiger partial charge on any atom is 0.220 e. The van der Waals surface area contributed by atoms with E-state index < -0.39 is 0 Å². The molecule has 1 saturated heterocycles. The molecule has 1 N–H and O–H groups in total. The zero-order valence-electron chi connectivity index (χ0n) is 19.4. The number of amides is 1. The Labute approximate surface area is 186 Å². The van der Waals surface area contributed by atoms with Gasteiger partial charge in [-0.05, 0) is 74.4 Å². The fraction of sp³-hybridized carbons (Fsp3) is 0.500. The molecule has 1 aliphatic rings. The van der Waals surface area contributed by atoms with Gasteiger partial charge < -0.3 is 14.8 Å². The molecule has 2 aromatic carbocycles. The summed E-state index contributed by atoms with van der Waals surface area (Å²) in [6.07, 6.45) is 3.93. The quantitative estimate of drug-likeness (QED) is 0.638. The lowest BCUT2D eigenvalue weighted by Gasteiger charge is -2.32. The topological polar surface area (TPSA) is 50.8 Å². The SMILES string of the molecule is COc1ccc(CNC(=O)CC[C@H]2CCCN(Cc3ccc(C)c(C)c3)C2)c(OC)c1. The Balaban J connectivity index is 1.44. The number of ether oxygens (including phenoxy) is 2. The van der Waals surface area contributed by atoms with Gasteiger partial charge in [-0.25, -0.2) is 0 Å². The predicted molar refractivity (Wildman–Crippen MR) is 125 cm³/mol. The number of aryl methyl sites for hydroxylation is 2. The van der Waals surface area contributed by atoms with E-state index in [9.17, 15) is 4.79 Å². The van der Waals surface area contributed by atoms with Gasteiger partial charge in [0.25, 0.3) is 0 Å². The third kappa shape index (κ3) is 6.73. The summed E-state index contributed by atoms with van der Waals surface area (Å²) in [5.41, 5.74) is 5.04. The van der Waals surface area contributed by atoms with E-state index in [0.717, 1.165) is 43.1 Å². The van der Waals surface area contributed by atoms with E-state index in [2.05, 4.69) is 42.3 Å². The first-order valence-corrected chi connectivity index (χ1v) is 11.2. The molecular formula is C26H36N2O3. The normalized spacial score (nSPS) is 16.7. The maximum absolute atomic E-state index is 12.4. The first-order valence-electron chi connectivity index (χ1n) is 11.2. The summed E-state index contributed by atoms with van der Waals surface area (Å²) in [5.74, 6) is 2.16. The number of nitrogens with one attached hydrogen (secondary N) is 1. The Hall–Kier alpha value is -2.53. The number of carbonyl (C=O) groups is 1. The molecule has 0 saturated carbocycles. The lowest BCUT2D eigenvalue weighted by atomic mass is 9.92. The molecule has 3 rings (SSSR count). The van der Waals surface area contributed by atoms with Gasteiger partial charge in [0.2, 0.25) is 5.91 Å². The van der Waals surface area contributed by atoms with Crippen LogP contribution < -0.4 is 14.8 Å². The first kappa shape index (κ1) is 23.1. The smallest absolute Gasteiger partial charge is 0.220 e. The number of likely N-dealkylation sites (tertiary alicyclic amines) is 1. The van der Waals surface area contributed by atoms with Crippen molar-refractivity contribution in [2.24, 2.45) is 5.92 Å². The Kier molecular flexibility index (Phi) is 8.35. The lowest BCUT2D eigenvalue weighted by molar-refractivity contribution is -0.121. The molecule has 0 aliphatic carbocycles. The van der Waals surface area contributed by atoms with Gasteiger partial charge in [-0.15, -0.1) is 0 Å². The van der Waals surface area contributed by atoms with Gasteiger partial charge in [-0.2, -0.15) is 0 Å². The summed E-state index contributed by atoms with van der Waals surface area (Å²) in [7, 11) is 3.26. The minimum atomic E-state index is 0.101. The summed E-state index contributed by atoms with van der Waals surface area (Å²) < 4.78 is 10.6. The molecule has 0 spiro atoms. The van der Waals surface area contributed by atoms with E-state index in [1.54, 1.807) is 14.2 Å². The highest BCUT2D eigenvalue weighted by molar-refractivity contribution is 5.75. The summed E-state index contributed by atoms with van der Waals surface area (Å²) >= 11 is 0. The zero-order chi connectivity index (χ0) is 22.2. The van der Waals surface area contributed by atoms with E-state index in [-0.39, 0.29) is 5.91 Å². The van der Waals surface area contributed by atoms with E-state index >= 15 is 0 Å². The number of nitrogens with zero attached hydrogens (tertiary/aromatic N) is 1. The van der Waals surface area contributed by atoms with Gasteiger partial charge in [-0.3, -0.25) is 9.69 Å². The first-order chi connectivity index (χ1) is 15.0. The van der Waals surface area contributed by atoms with E-state index in [1.807, 2.05) is 18.2 Å². The maximum atomic E-state index is 12.4. The van der Waals surface area contributed by atoms with Gasteiger partial charge >= 0.3 is 0 Å². The average Bonchev–Trinajstić information content (AvgIpc) is 2.79. The highest BCUT2D eigenvalue weighted by Crippen LogP contribution is 2.25. The monoisotopic (exact) mass is 424 g/mol. The van der Waals surface area contributed by atoms with Gasteiger partial charge in [0.05, 0.1) is 14.2 Å². The van der Waals surface area contributed by atoms with Crippen LogP contribution in [0.25, 0.3) is 0 Å². The second-order valence-electron chi connectivity index (χ2n) is 8.66. The number of hydrogen-bond acceptors (Lipinski definition) is 4. The van der Waals surface area contributed by atoms with Crippen molar-refractivity contribution in [1.29, 1.82) is 0 Å². The zero-order valence-corrected chi connectivity index (χ0v) is 19.4. The Morgan fingerprint density at radius 2 is 1.94 bits per heavy atom. The average molecular weight is 425 g/mol. The highest BCUT2D eigenvalue weighted by Gasteiger charge is 2.21. The standard InChI is InChI=1S/C26H36N2O3/c1-19-7-8-22(14-20(19)2)18-28-13-5-6-21(17-28)9-12-26(29)27-16-23-10-11-24(30-3)15-25(23)31-4/h7-8,10-11,14-15,21H,5-6,9,12-13,16-18H2,1-4H3,(H,27,29)/t21-/m1/s1. The van der Waals surface area contributed by atoms with Crippen molar-refractivity contribution in [2.45, 2.75) is 52.6 Å². The van der Waals surface area contributed by atoms with Crippen LogP contribution in [0.5, 0.6) is 11.5 Å². The van der Waals surface area contributed by atoms with Crippen molar-refractivity contribution in [1.82, 2.24) is 10.2 Å². The van der Waals surface area contributed by atoms with Crippen molar-refractivity contribution >= 4 is 5.91 Å². The van der Waals surface area contributed by atoms with Crippen LogP contribution in [0.3, 0.4) is 0 Å². The molecule has 1 heterocycles. The van der Waals surface area contributed by atoms with Crippen molar-refractivity contribution in [3.8, 4) is 11.5 Å². The van der Waals surface area contributed by atoms with Crippen molar-refractivity contribution in [2.75, 3.05) is 27.3 Å². The molecule has 0 radical (unpaired) electrons. The summed E-state index contributed by atoms with van der Waals surface area (Å²) in [6.45, 7) is 8.03. The molecule has 2 aromatic rings. The summed E-state index contributed by atoms with van der Waals surface area (Å²) in [4.78, 5) is 15.0. The summed E-state index contributed by atoms with van der Waals surface area (Å²) in [6, 6.07) is 12.4. The van der Waals surface area contributed by atoms with Crippen LogP contribution in [-0.4, -0.2) is 38.1 Å². The van der Waals surface area contributed by atoms with Crippen molar-refractivity contribution in [3.05, 3.63) is 58.7 Å². The molecule has 1 fully saturated rings. The van der Waals surface area contributed by atoms with E-state index in [4.69, 9.17) is 9.47 Å². The third-order valence-corrected chi connectivity index (χ3v) is 6.33. The second kappa shape index (κ2) is 11.2. The van der Waals surface area contributed by atoms with Crippen LogP contribution in [0.1, 0.15) is 47.9 Å². The van der Waals surface area contributed by atoms with Crippen LogP contribution in [0.2, 0.25) is 0 Å². The van der Waals surface area contributed by atoms with Crippen LogP contribution in [0.15, 0.2) is 36.4 Å². The molecule has 1 amide bonds. The number of carbonyl (C=O) groups excluding carboxylic acids is 1. The fourth-order valence-electron chi connectivity index (χ4n) is 4.31. The van der Waals surface area contributed by atoms with Crippen LogP contribution in [0.4, 0.5) is 0 Å². The molecule has 5 heteroatoms. The van der Waals surface area contributed by atoms with Gasteiger partial charge in [0, 0.05) is 37.7 Å². The van der Waals surface area contributed by atoms with Gasteiger partial charge in [0.1, 0.15) is 11.5 Å². The number of piperidine rings is 1. The predicted octanol–water partition coefficient (Wildman–Crippen LogP) is 4.63. The van der Waals surface area contributed by atoms with Crippen LogP contribution in [-0.2, 0) is 17.9 Å². The Morgan fingerprint density at radius 1 is 1.10 bits per heavy atom. The summed E-state index contributed by atoms with van der Waals surface area (Å²) in [5, 5.41) is 3.04. The second-order valence-corrected chi connectivity index (χ2v) is 8.66. The van der Waals surface area contributed by atoms with Crippen molar-refractivity contribution in [3.63, 3.8) is 0 Å². The molecule has 31 heavy (non-hydrogen) atoms. The molecular weight excluding hydrogens is 388 g/mol. The number of methoxy groups -OCH3 is 2. The Morgan fingerprint density at radius 3 is 2.68 bits per heavy atom. The van der Waals surface area contributed by atoms with E-state index in [0.29, 0.717) is 18.9 Å². The molecule has 0 unspecified atom stereocenters. The molecule has 1 atom stereocenters. The molecule has 168 valence electrons. The van der Waals surface area contributed by atoms with Crippen LogP contribution >= 0.6 is 0 Å². The van der Waals surface area contributed by atoms with Crippen LogP contribution in [0, 0.1) is 19.8 Å². The van der Waals surface area contributed by atoms with Gasteiger partial charge in [-0.1, -0.05) is 18.2 Å². The third-order valence-electron chi connectivity index (χ3n) is 6.33. The molecule has 0 aromatic heterocycles. The lowest BCUT2D eigenvalue weighted by Crippen LogP contribution is -2.35. The number of benzene rings is 2.